The van der Waals surface area contributed by atoms with E-state index in [0.717, 1.165) is 13.0 Å². The highest BCUT2D eigenvalue weighted by molar-refractivity contribution is 5.03. The molecule has 1 unspecified atom stereocenters. The average molecular weight is 138 g/mol. The molecule has 0 saturated carbocycles. The van der Waals surface area contributed by atoms with Crippen LogP contribution in [0.4, 0.5) is 0 Å². The van der Waals surface area contributed by atoms with Gasteiger partial charge in [0.05, 0.1) is 12.0 Å². The summed E-state index contributed by atoms with van der Waals surface area (Å²) in [5.74, 6) is 0.220. The maximum atomic E-state index is 8.74. The first kappa shape index (κ1) is 7.56. The van der Waals surface area contributed by atoms with Crippen molar-refractivity contribution in [1.29, 1.82) is 5.26 Å². The molecule has 0 radical (unpaired) electrons. The summed E-state index contributed by atoms with van der Waals surface area (Å²) in [6.45, 7) is 5.33. The van der Waals surface area contributed by atoms with Crippen molar-refractivity contribution in [1.82, 2.24) is 4.90 Å². The maximum absolute atomic E-state index is 8.74. The Hall–Kier alpha value is -0.550. The third kappa shape index (κ3) is 0.911. The Morgan fingerprint density at radius 2 is 2.20 bits per heavy atom. The quantitative estimate of drug-likeness (QED) is 0.503. The summed E-state index contributed by atoms with van der Waals surface area (Å²) >= 11 is 0. The molecule has 0 aliphatic carbocycles. The van der Waals surface area contributed by atoms with Crippen LogP contribution in [-0.4, -0.2) is 24.0 Å². The third-order valence-corrected chi connectivity index (χ3v) is 2.75. The van der Waals surface area contributed by atoms with E-state index in [1.807, 2.05) is 0 Å². The second kappa shape index (κ2) is 2.25. The Bertz CT molecular complexity index is 167. The second-order valence-corrected chi connectivity index (χ2v) is 3.55. The van der Waals surface area contributed by atoms with E-state index >= 15 is 0 Å². The minimum atomic E-state index is 0.0920. The van der Waals surface area contributed by atoms with Crippen molar-refractivity contribution in [3.63, 3.8) is 0 Å². The van der Waals surface area contributed by atoms with Gasteiger partial charge in [0.25, 0.3) is 0 Å². The lowest BCUT2D eigenvalue weighted by Gasteiger charge is -2.29. The van der Waals surface area contributed by atoms with E-state index in [1.165, 1.54) is 0 Å². The summed E-state index contributed by atoms with van der Waals surface area (Å²) in [7, 11) is 2.08. The normalized spacial score (nSPS) is 32.0. The standard InChI is InChI=1S/C8H14N2/c1-8(2)7(6-9)4-5-10(8)3/h7H,4-5H2,1-3H3. The molecular formula is C8H14N2. The molecule has 2 heteroatoms. The summed E-state index contributed by atoms with van der Waals surface area (Å²) in [6, 6.07) is 2.34. The number of likely N-dealkylation sites (tertiary alicyclic amines) is 1. The lowest BCUT2D eigenvalue weighted by molar-refractivity contribution is 0.194. The van der Waals surface area contributed by atoms with Crippen LogP contribution in [0.1, 0.15) is 20.3 Å². The molecule has 1 rings (SSSR count). The monoisotopic (exact) mass is 138 g/mol. The molecule has 2 nitrogen and oxygen atoms in total. The van der Waals surface area contributed by atoms with E-state index < -0.39 is 0 Å². The first-order valence-corrected chi connectivity index (χ1v) is 3.70. The van der Waals surface area contributed by atoms with Crippen LogP contribution >= 0.6 is 0 Å². The van der Waals surface area contributed by atoms with Crippen LogP contribution in [-0.2, 0) is 0 Å². The summed E-state index contributed by atoms with van der Waals surface area (Å²) in [4.78, 5) is 2.25. The molecule has 56 valence electrons. The van der Waals surface area contributed by atoms with Crippen molar-refractivity contribution in [3.05, 3.63) is 0 Å². The van der Waals surface area contributed by atoms with Crippen LogP contribution in [0.3, 0.4) is 0 Å². The van der Waals surface area contributed by atoms with Crippen molar-refractivity contribution in [2.75, 3.05) is 13.6 Å². The van der Waals surface area contributed by atoms with Crippen LogP contribution < -0.4 is 0 Å². The molecule has 0 N–H and O–H groups in total. The Labute approximate surface area is 62.4 Å². The molecule has 1 saturated heterocycles. The predicted molar refractivity (Wildman–Crippen MR) is 40.4 cm³/mol. The molecule has 1 aliphatic rings. The van der Waals surface area contributed by atoms with Gasteiger partial charge < -0.3 is 0 Å². The molecule has 1 fully saturated rings. The summed E-state index contributed by atoms with van der Waals surface area (Å²) in [5.41, 5.74) is 0.0920. The summed E-state index contributed by atoms with van der Waals surface area (Å²) in [6.07, 6.45) is 1.03. The van der Waals surface area contributed by atoms with Crippen molar-refractivity contribution in [3.8, 4) is 6.07 Å². The van der Waals surface area contributed by atoms with Gasteiger partial charge in [0.1, 0.15) is 0 Å². The third-order valence-electron chi connectivity index (χ3n) is 2.75. The minimum Gasteiger partial charge on any atom is -0.300 e. The van der Waals surface area contributed by atoms with E-state index in [1.54, 1.807) is 0 Å². The molecule has 1 heterocycles. The molecule has 10 heavy (non-hydrogen) atoms. The fourth-order valence-corrected chi connectivity index (χ4v) is 1.45. The van der Waals surface area contributed by atoms with Crippen molar-refractivity contribution in [2.45, 2.75) is 25.8 Å². The first-order valence-electron chi connectivity index (χ1n) is 3.70. The summed E-state index contributed by atoms with van der Waals surface area (Å²) in [5, 5.41) is 8.74. The molecule has 0 amide bonds. The fourth-order valence-electron chi connectivity index (χ4n) is 1.45. The van der Waals surface area contributed by atoms with Gasteiger partial charge in [0.15, 0.2) is 0 Å². The Balaban J connectivity index is 2.76. The highest BCUT2D eigenvalue weighted by atomic mass is 15.2. The van der Waals surface area contributed by atoms with Crippen LogP contribution in [0.15, 0.2) is 0 Å². The highest BCUT2D eigenvalue weighted by Gasteiger charge is 2.38. The molecule has 1 atom stereocenters. The van der Waals surface area contributed by atoms with Crippen LogP contribution in [0.25, 0.3) is 0 Å². The lowest BCUT2D eigenvalue weighted by Crippen LogP contribution is -2.39. The van der Waals surface area contributed by atoms with E-state index in [0.29, 0.717) is 0 Å². The Morgan fingerprint density at radius 1 is 1.60 bits per heavy atom. The minimum absolute atomic E-state index is 0.0920. The Kier molecular flexibility index (Phi) is 1.70. The topological polar surface area (TPSA) is 27.0 Å². The van der Waals surface area contributed by atoms with Crippen molar-refractivity contribution >= 4 is 0 Å². The zero-order valence-corrected chi connectivity index (χ0v) is 6.89. The largest absolute Gasteiger partial charge is 0.300 e. The predicted octanol–water partition coefficient (Wildman–Crippen LogP) is 1.24. The Morgan fingerprint density at radius 3 is 2.40 bits per heavy atom. The zero-order valence-electron chi connectivity index (χ0n) is 6.89. The van der Waals surface area contributed by atoms with Crippen molar-refractivity contribution in [2.24, 2.45) is 5.92 Å². The first-order chi connectivity index (χ1) is 4.59. The molecule has 1 aliphatic heterocycles. The number of hydrogen-bond donors (Lipinski definition) is 0. The zero-order chi connectivity index (χ0) is 7.78. The van der Waals surface area contributed by atoms with E-state index in [-0.39, 0.29) is 11.5 Å². The lowest BCUT2D eigenvalue weighted by atomic mass is 9.90. The number of nitrogens with zero attached hydrogens (tertiary/aromatic N) is 2. The van der Waals surface area contributed by atoms with E-state index in [9.17, 15) is 0 Å². The van der Waals surface area contributed by atoms with Gasteiger partial charge in [-0.2, -0.15) is 5.26 Å². The molecule has 0 spiro atoms. The van der Waals surface area contributed by atoms with Crippen LogP contribution in [0.5, 0.6) is 0 Å². The number of hydrogen-bond acceptors (Lipinski definition) is 2. The van der Waals surface area contributed by atoms with E-state index in [2.05, 4.69) is 31.9 Å². The smallest absolute Gasteiger partial charge is 0.0675 e. The highest BCUT2D eigenvalue weighted by Crippen LogP contribution is 2.31. The van der Waals surface area contributed by atoms with Gasteiger partial charge in [-0.15, -0.1) is 0 Å². The fraction of sp³-hybridized carbons (Fsp3) is 0.875. The number of nitriles is 1. The van der Waals surface area contributed by atoms with Crippen LogP contribution in [0.2, 0.25) is 0 Å². The molecule has 0 aromatic heterocycles. The second-order valence-electron chi connectivity index (χ2n) is 3.55. The molecule has 0 bridgehead atoms. The van der Waals surface area contributed by atoms with Gasteiger partial charge in [0, 0.05) is 5.54 Å². The van der Waals surface area contributed by atoms with Gasteiger partial charge in [-0.3, -0.25) is 4.90 Å². The van der Waals surface area contributed by atoms with E-state index in [4.69, 9.17) is 5.26 Å². The SMILES string of the molecule is CN1CCC(C#N)C1(C)C. The van der Waals surface area contributed by atoms with Gasteiger partial charge >= 0.3 is 0 Å². The summed E-state index contributed by atoms with van der Waals surface area (Å²) < 4.78 is 0. The van der Waals surface area contributed by atoms with Gasteiger partial charge in [-0.25, -0.2) is 0 Å². The van der Waals surface area contributed by atoms with Gasteiger partial charge in [-0.05, 0) is 33.9 Å². The average Bonchev–Trinajstić information content (AvgIpc) is 2.10. The van der Waals surface area contributed by atoms with Crippen molar-refractivity contribution < 1.29 is 0 Å². The van der Waals surface area contributed by atoms with Crippen LogP contribution in [0, 0.1) is 17.2 Å². The number of rotatable bonds is 0. The van der Waals surface area contributed by atoms with Gasteiger partial charge in [0.2, 0.25) is 0 Å². The maximum Gasteiger partial charge on any atom is 0.0675 e. The molecule has 0 aromatic carbocycles. The molecule has 0 aromatic rings. The van der Waals surface area contributed by atoms with Gasteiger partial charge in [-0.1, -0.05) is 0 Å². The molecular weight excluding hydrogens is 124 g/mol.